The Kier molecular flexibility index (Phi) is 4.10. The van der Waals surface area contributed by atoms with E-state index in [4.69, 9.17) is 4.55 Å². The summed E-state index contributed by atoms with van der Waals surface area (Å²) in [6, 6.07) is 5.66. The first-order valence-corrected chi connectivity index (χ1v) is 6.07. The van der Waals surface area contributed by atoms with Crippen LogP contribution < -0.4 is 4.72 Å². The van der Waals surface area contributed by atoms with E-state index in [0.717, 1.165) is 4.47 Å². The molecule has 1 unspecified atom stereocenters. The molecular weight excluding hydrogens is 266 g/mol. The molecule has 1 aromatic rings. The number of rotatable bonds is 3. The van der Waals surface area contributed by atoms with Crippen molar-refractivity contribution in [3.8, 4) is 0 Å². The molecule has 0 aliphatic heterocycles. The highest BCUT2D eigenvalue weighted by Gasteiger charge is 2.05. The largest absolute Gasteiger partial charge is 0.289 e. The molecule has 0 aliphatic rings. The molecule has 2 N–H and O–H groups in total. The van der Waals surface area contributed by atoms with Crippen LogP contribution in [0.15, 0.2) is 22.7 Å². The molecule has 1 rings (SSSR count). The molecule has 0 aromatic heterocycles. The predicted molar refractivity (Wildman–Crippen MR) is 62.6 cm³/mol. The summed E-state index contributed by atoms with van der Waals surface area (Å²) in [6.45, 7) is 4.19. The number of anilines is 1. The molecule has 0 saturated heterocycles. The van der Waals surface area contributed by atoms with Gasteiger partial charge in [0.05, 0.1) is 5.69 Å². The van der Waals surface area contributed by atoms with Crippen LogP contribution in [0.3, 0.4) is 0 Å². The number of halogens is 1. The van der Waals surface area contributed by atoms with Gasteiger partial charge in [-0.2, -0.15) is 0 Å². The van der Waals surface area contributed by atoms with E-state index in [9.17, 15) is 4.21 Å². The number of benzene rings is 1. The predicted octanol–water partition coefficient (Wildman–Crippen LogP) is 3.12. The molecule has 0 fully saturated rings. The summed E-state index contributed by atoms with van der Waals surface area (Å²) in [5, 5.41) is 0. The third-order valence-electron chi connectivity index (χ3n) is 1.86. The van der Waals surface area contributed by atoms with Gasteiger partial charge in [0.1, 0.15) is 0 Å². The fourth-order valence-electron chi connectivity index (χ4n) is 1.07. The van der Waals surface area contributed by atoms with Crippen molar-refractivity contribution in [1.82, 2.24) is 0 Å². The Hall–Kier alpha value is -0.390. The van der Waals surface area contributed by atoms with Gasteiger partial charge in [-0.25, -0.2) is 4.21 Å². The van der Waals surface area contributed by atoms with Crippen LogP contribution in [0.5, 0.6) is 0 Å². The molecule has 1 aromatic carbocycles. The molecule has 1 atom stereocenters. The Labute approximate surface area is 94.5 Å². The van der Waals surface area contributed by atoms with E-state index in [2.05, 4.69) is 34.5 Å². The summed E-state index contributed by atoms with van der Waals surface area (Å²) < 4.78 is 22.4. The standard InChI is InChI=1S/C9H12BrNO2S/c1-6(2)7-3-4-9(8(10)5-7)11-14(12)13/h3-6,11H,1-2H3,(H,12,13). The van der Waals surface area contributed by atoms with Crippen molar-refractivity contribution in [2.24, 2.45) is 0 Å². The summed E-state index contributed by atoms with van der Waals surface area (Å²) in [5.41, 5.74) is 1.81. The van der Waals surface area contributed by atoms with E-state index in [1.165, 1.54) is 5.56 Å². The average Bonchev–Trinajstić information content (AvgIpc) is 2.07. The van der Waals surface area contributed by atoms with Crippen molar-refractivity contribution < 1.29 is 8.76 Å². The minimum Gasteiger partial charge on any atom is -0.289 e. The lowest BCUT2D eigenvalue weighted by Gasteiger charge is -2.09. The zero-order valence-electron chi connectivity index (χ0n) is 7.95. The highest BCUT2D eigenvalue weighted by atomic mass is 79.9. The topological polar surface area (TPSA) is 49.3 Å². The summed E-state index contributed by atoms with van der Waals surface area (Å²) >= 11 is 1.31. The molecular formula is C9H12BrNO2S. The van der Waals surface area contributed by atoms with Crippen LogP contribution >= 0.6 is 15.9 Å². The van der Waals surface area contributed by atoms with Crippen LogP contribution in [0, 0.1) is 0 Å². The molecule has 0 saturated carbocycles. The van der Waals surface area contributed by atoms with E-state index >= 15 is 0 Å². The van der Waals surface area contributed by atoms with Crippen LogP contribution in [0.1, 0.15) is 25.3 Å². The zero-order valence-corrected chi connectivity index (χ0v) is 10.4. The van der Waals surface area contributed by atoms with Crippen LogP contribution in [0.2, 0.25) is 0 Å². The maximum absolute atomic E-state index is 10.5. The Morgan fingerprint density at radius 2 is 2.14 bits per heavy atom. The SMILES string of the molecule is CC(C)c1ccc(NS(=O)O)c(Br)c1. The van der Waals surface area contributed by atoms with E-state index in [-0.39, 0.29) is 0 Å². The second-order valence-electron chi connectivity index (χ2n) is 3.25. The van der Waals surface area contributed by atoms with E-state index in [0.29, 0.717) is 11.6 Å². The lowest BCUT2D eigenvalue weighted by molar-refractivity contribution is 0.570. The molecule has 14 heavy (non-hydrogen) atoms. The summed E-state index contributed by atoms with van der Waals surface area (Å²) in [5.74, 6) is 0.444. The lowest BCUT2D eigenvalue weighted by Crippen LogP contribution is -2.02. The van der Waals surface area contributed by atoms with Gasteiger partial charge in [-0.15, -0.1) is 0 Å². The molecule has 0 bridgehead atoms. The van der Waals surface area contributed by atoms with Gasteiger partial charge in [-0.05, 0) is 39.5 Å². The number of nitrogens with one attached hydrogen (secondary N) is 1. The van der Waals surface area contributed by atoms with Gasteiger partial charge in [0, 0.05) is 4.47 Å². The third kappa shape index (κ3) is 3.08. The van der Waals surface area contributed by atoms with Crippen LogP contribution in [0.4, 0.5) is 5.69 Å². The minimum absolute atomic E-state index is 0.444. The first-order chi connectivity index (χ1) is 6.50. The monoisotopic (exact) mass is 277 g/mol. The van der Waals surface area contributed by atoms with Gasteiger partial charge in [0.15, 0.2) is 0 Å². The van der Waals surface area contributed by atoms with Crippen molar-refractivity contribution in [1.29, 1.82) is 0 Å². The Morgan fingerprint density at radius 1 is 1.50 bits per heavy atom. The molecule has 3 nitrogen and oxygen atoms in total. The molecule has 0 aliphatic carbocycles. The minimum atomic E-state index is -2.02. The molecule has 0 heterocycles. The van der Waals surface area contributed by atoms with Gasteiger partial charge in [0.2, 0.25) is 0 Å². The first kappa shape index (κ1) is 11.7. The van der Waals surface area contributed by atoms with Gasteiger partial charge in [0.25, 0.3) is 11.3 Å². The van der Waals surface area contributed by atoms with Gasteiger partial charge in [-0.3, -0.25) is 9.27 Å². The molecule has 0 amide bonds. The Balaban J connectivity index is 2.95. The smallest absolute Gasteiger partial charge is 0.259 e. The van der Waals surface area contributed by atoms with E-state index < -0.39 is 11.3 Å². The maximum atomic E-state index is 10.5. The van der Waals surface area contributed by atoms with Gasteiger partial charge < -0.3 is 0 Å². The molecule has 78 valence electrons. The highest BCUT2D eigenvalue weighted by molar-refractivity contribution is 9.10. The van der Waals surface area contributed by atoms with Crippen LogP contribution in [0.25, 0.3) is 0 Å². The van der Waals surface area contributed by atoms with Crippen molar-refractivity contribution in [2.45, 2.75) is 19.8 Å². The Morgan fingerprint density at radius 3 is 2.57 bits per heavy atom. The normalized spacial score (nSPS) is 12.9. The fourth-order valence-corrected chi connectivity index (χ4v) is 2.06. The highest BCUT2D eigenvalue weighted by Crippen LogP contribution is 2.27. The van der Waals surface area contributed by atoms with Crippen LogP contribution in [-0.2, 0) is 11.3 Å². The zero-order chi connectivity index (χ0) is 10.7. The van der Waals surface area contributed by atoms with Crippen molar-refractivity contribution >= 4 is 32.9 Å². The summed E-state index contributed by atoms with van der Waals surface area (Å²) in [7, 11) is 0. The van der Waals surface area contributed by atoms with Gasteiger partial charge in [-0.1, -0.05) is 19.9 Å². The Bertz CT molecular complexity index is 355. The fraction of sp³-hybridized carbons (Fsp3) is 0.333. The summed E-state index contributed by atoms with van der Waals surface area (Å²) in [4.78, 5) is 0. The quantitative estimate of drug-likeness (QED) is 0.834. The summed E-state index contributed by atoms with van der Waals surface area (Å²) in [6.07, 6.45) is 0. The molecule has 0 spiro atoms. The van der Waals surface area contributed by atoms with Crippen molar-refractivity contribution in [3.63, 3.8) is 0 Å². The number of hydrogen-bond donors (Lipinski definition) is 2. The average molecular weight is 278 g/mol. The number of hydrogen-bond acceptors (Lipinski definition) is 1. The van der Waals surface area contributed by atoms with E-state index in [1.807, 2.05) is 12.1 Å². The van der Waals surface area contributed by atoms with Crippen molar-refractivity contribution in [3.05, 3.63) is 28.2 Å². The van der Waals surface area contributed by atoms with E-state index in [1.54, 1.807) is 6.07 Å². The molecule has 5 heteroatoms. The lowest BCUT2D eigenvalue weighted by atomic mass is 10.0. The third-order valence-corrected chi connectivity index (χ3v) is 2.91. The first-order valence-electron chi connectivity index (χ1n) is 4.17. The van der Waals surface area contributed by atoms with Crippen LogP contribution in [-0.4, -0.2) is 8.76 Å². The second-order valence-corrected chi connectivity index (χ2v) is 4.80. The second kappa shape index (κ2) is 4.91. The molecule has 0 radical (unpaired) electrons. The van der Waals surface area contributed by atoms with Gasteiger partial charge >= 0.3 is 0 Å². The maximum Gasteiger partial charge on any atom is 0.259 e. The van der Waals surface area contributed by atoms with Crippen molar-refractivity contribution in [2.75, 3.05) is 4.72 Å².